The van der Waals surface area contributed by atoms with Crippen LogP contribution >= 0.6 is 11.6 Å². The third-order valence-electron chi connectivity index (χ3n) is 4.05. The highest BCUT2D eigenvalue weighted by molar-refractivity contribution is 6.32. The summed E-state index contributed by atoms with van der Waals surface area (Å²) < 4.78 is 19.3. The Labute approximate surface area is 138 Å². The quantitative estimate of drug-likeness (QED) is 0.762. The van der Waals surface area contributed by atoms with E-state index in [0.29, 0.717) is 17.4 Å². The predicted molar refractivity (Wildman–Crippen MR) is 89.5 cm³/mol. The highest BCUT2D eigenvalue weighted by atomic mass is 35.5. The fourth-order valence-electron chi connectivity index (χ4n) is 2.73. The molecule has 0 bridgehead atoms. The monoisotopic (exact) mass is 328 g/mol. The van der Waals surface area contributed by atoms with Gasteiger partial charge in [-0.25, -0.2) is 4.39 Å². The molecule has 0 radical (unpaired) electrons. The average molecular weight is 329 g/mol. The zero-order chi connectivity index (χ0) is 15.9. The molecular formula is C17H26ClFN2O. The van der Waals surface area contributed by atoms with E-state index in [2.05, 4.69) is 16.8 Å². The summed E-state index contributed by atoms with van der Waals surface area (Å²) in [6, 6.07) is 2.89. The second kappa shape index (κ2) is 8.70. The van der Waals surface area contributed by atoms with Gasteiger partial charge in [0.25, 0.3) is 0 Å². The molecule has 1 aromatic carbocycles. The molecule has 1 fully saturated rings. The minimum Gasteiger partial charge on any atom is -0.492 e. The molecule has 5 heteroatoms. The van der Waals surface area contributed by atoms with E-state index >= 15 is 0 Å². The molecule has 0 atom stereocenters. The van der Waals surface area contributed by atoms with E-state index in [1.807, 2.05) is 6.92 Å². The summed E-state index contributed by atoms with van der Waals surface area (Å²) in [5.74, 6) is 0.367. The fourth-order valence-corrected chi connectivity index (χ4v) is 3.01. The lowest BCUT2D eigenvalue weighted by Gasteiger charge is -2.32. The van der Waals surface area contributed by atoms with Crippen molar-refractivity contribution in [3.63, 3.8) is 0 Å². The van der Waals surface area contributed by atoms with Gasteiger partial charge in [0, 0.05) is 26.2 Å². The van der Waals surface area contributed by atoms with Crippen LogP contribution in [0.3, 0.4) is 0 Å². The van der Waals surface area contributed by atoms with Gasteiger partial charge in [-0.1, -0.05) is 18.5 Å². The summed E-state index contributed by atoms with van der Waals surface area (Å²) in [6.45, 7) is 8.16. The van der Waals surface area contributed by atoms with Crippen LogP contribution in [0.25, 0.3) is 0 Å². The van der Waals surface area contributed by atoms with Gasteiger partial charge in [0.05, 0.1) is 11.6 Å². The molecule has 3 nitrogen and oxygen atoms in total. The molecule has 0 saturated carbocycles. The zero-order valence-corrected chi connectivity index (χ0v) is 14.3. The molecule has 2 rings (SSSR count). The number of benzene rings is 1. The SMILES string of the molecule is CCCOc1c(Cl)cc(F)cc1CCCN1CCN(C)CC1. The van der Waals surface area contributed by atoms with E-state index < -0.39 is 0 Å². The lowest BCUT2D eigenvalue weighted by atomic mass is 10.1. The molecule has 0 N–H and O–H groups in total. The van der Waals surface area contributed by atoms with Crippen molar-refractivity contribution in [2.45, 2.75) is 26.2 Å². The van der Waals surface area contributed by atoms with Gasteiger partial charge < -0.3 is 14.5 Å². The largest absolute Gasteiger partial charge is 0.492 e. The van der Waals surface area contributed by atoms with E-state index in [-0.39, 0.29) is 5.82 Å². The molecule has 1 saturated heterocycles. The van der Waals surface area contributed by atoms with Gasteiger partial charge in [0.2, 0.25) is 0 Å². The molecule has 1 aliphatic rings. The van der Waals surface area contributed by atoms with E-state index in [4.69, 9.17) is 16.3 Å². The Morgan fingerprint density at radius 2 is 1.95 bits per heavy atom. The Kier molecular flexibility index (Phi) is 6.93. The summed E-state index contributed by atoms with van der Waals surface area (Å²) in [5.41, 5.74) is 0.882. The lowest BCUT2D eigenvalue weighted by Crippen LogP contribution is -2.44. The highest BCUT2D eigenvalue weighted by Gasteiger charge is 2.15. The number of aryl methyl sites for hydroxylation is 1. The third kappa shape index (κ3) is 5.11. The van der Waals surface area contributed by atoms with Gasteiger partial charge in [0.15, 0.2) is 0 Å². The van der Waals surface area contributed by atoms with Crippen LogP contribution in [0.4, 0.5) is 4.39 Å². The summed E-state index contributed by atoms with van der Waals surface area (Å²) in [4.78, 5) is 4.81. The van der Waals surface area contributed by atoms with Crippen LogP contribution in [0.2, 0.25) is 5.02 Å². The summed E-state index contributed by atoms with van der Waals surface area (Å²) >= 11 is 6.13. The van der Waals surface area contributed by atoms with Gasteiger partial charge in [-0.3, -0.25) is 0 Å². The van der Waals surface area contributed by atoms with Crippen molar-refractivity contribution in [1.82, 2.24) is 9.80 Å². The normalized spacial score (nSPS) is 16.9. The number of hydrogen-bond donors (Lipinski definition) is 0. The molecule has 0 aliphatic carbocycles. The number of piperazine rings is 1. The molecule has 1 aromatic rings. The van der Waals surface area contributed by atoms with Gasteiger partial charge in [-0.15, -0.1) is 0 Å². The Morgan fingerprint density at radius 3 is 2.64 bits per heavy atom. The lowest BCUT2D eigenvalue weighted by molar-refractivity contribution is 0.153. The van der Waals surface area contributed by atoms with Crippen molar-refractivity contribution in [3.8, 4) is 5.75 Å². The molecule has 1 aliphatic heterocycles. The molecule has 0 unspecified atom stereocenters. The summed E-state index contributed by atoms with van der Waals surface area (Å²) in [6.07, 6.45) is 2.70. The first kappa shape index (κ1) is 17.5. The van der Waals surface area contributed by atoms with Crippen LogP contribution in [0.1, 0.15) is 25.3 Å². The molecule has 22 heavy (non-hydrogen) atoms. The number of ether oxygens (including phenoxy) is 1. The van der Waals surface area contributed by atoms with E-state index in [0.717, 1.165) is 57.5 Å². The van der Waals surface area contributed by atoms with E-state index in [9.17, 15) is 4.39 Å². The predicted octanol–water partition coefficient (Wildman–Crippen LogP) is 3.45. The molecule has 1 heterocycles. The maximum absolute atomic E-state index is 13.6. The smallest absolute Gasteiger partial charge is 0.141 e. The van der Waals surface area contributed by atoms with Crippen molar-refractivity contribution in [3.05, 3.63) is 28.5 Å². The second-order valence-corrected chi connectivity index (χ2v) is 6.38. The Bertz CT molecular complexity index is 476. The van der Waals surface area contributed by atoms with Crippen molar-refractivity contribution in [2.75, 3.05) is 46.4 Å². The summed E-state index contributed by atoms with van der Waals surface area (Å²) in [7, 11) is 2.16. The van der Waals surface area contributed by atoms with Crippen LogP contribution in [0.5, 0.6) is 5.75 Å². The van der Waals surface area contributed by atoms with Gasteiger partial charge in [-0.2, -0.15) is 0 Å². The zero-order valence-electron chi connectivity index (χ0n) is 13.6. The van der Waals surface area contributed by atoms with Gasteiger partial charge in [0.1, 0.15) is 11.6 Å². The first-order valence-electron chi connectivity index (χ1n) is 8.11. The van der Waals surface area contributed by atoms with Gasteiger partial charge >= 0.3 is 0 Å². The third-order valence-corrected chi connectivity index (χ3v) is 4.33. The van der Waals surface area contributed by atoms with Gasteiger partial charge in [-0.05, 0) is 50.6 Å². The minimum absolute atomic E-state index is 0.288. The number of likely N-dealkylation sites (N-methyl/N-ethyl adjacent to an activating group) is 1. The molecule has 0 amide bonds. The maximum atomic E-state index is 13.6. The van der Waals surface area contributed by atoms with Crippen molar-refractivity contribution in [2.24, 2.45) is 0 Å². The van der Waals surface area contributed by atoms with Crippen molar-refractivity contribution in [1.29, 1.82) is 0 Å². The number of hydrogen-bond acceptors (Lipinski definition) is 3. The Balaban J connectivity index is 1.90. The molecule has 0 spiro atoms. The van der Waals surface area contributed by atoms with Crippen LogP contribution in [0.15, 0.2) is 12.1 Å². The Hall–Kier alpha value is -0.840. The van der Waals surface area contributed by atoms with Crippen molar-refractivity contribution < 1.29 is 9.13 Å². The average Bonchev–Trinajstić information content (AvgIpc) is 2.48. The van der Waals surface area contributed by atoms with E-state index in [1.54, 1.807) is 6.07 Å². The first-order valence-corrected chi connectivity index (χ1v) is 8.49. The van der Waals surface area contributed by atoms with E-state index in [1.165, 1.54) is 6.07 Å². The molecule has 0 aromatic heterocycles. The minimum atomic E-state index is -0.288. The van der Waals surface area contributed by atoms with Crippen LogP contribution in [0, 0.1) is 5.82 Å². The number of halogens is 2. The number of nitrogens with zero attached hydrogens (tertiary/aromatic N) is 2. The maximum Gasteiger partial charge on any atom is 0.141 e. The topological polar surface area (TPSA) is 15.7 Å². The fraction of sp³-hybridized carbons (Fsp3) is 0.647. The molecular weight excluding hydrogens is 303 g/mol. The number of rotatable bonds is 7. The standard InChI is InChI=1S/C17H26ClFN2O/c1-3-11-22-17-14(12-15(19)13-16(17)18)5-4-6-21-9-7-20(2)8-10-21/h12-13H,3-11H2,1-2H3. The highest BCUT2D eigenvalue weighted by Crippen LogP contribution is 2.31. The molecule has 124 valence electrons. The summed E-state index contributed by atoms with van der Waals surface area (Å²) in [5, 5.41) is 0.378. The second-order valence-electron chi connectivity index (χ2n) is 5.97. The van der Waals surface area contributed by atoms with Crippen LogP contribution in [-0.4, -0.2) is 56.2 Å². The Morgan fingerprint density at radius 1 is 1.23 bits per heavy atom. The van der Waals surface area contributed by atoms with Crippen molar-refractivity contribution >= 4 is 11.6 Å². The first-order chi connectivity index (χ1) is 10.6. The van der Waals surface area contributed by atoms with Crippen LogP contribution < -0.4 is 4.74 Å². The van der Waals surface area contributed by atoms with Crippen LogP contribution in [-0.2, 0) is 6.42 Å².